The first kappa shape index (κ1) is 19.2. The number of carbonyl (C=O) groups is 3. The van der Waals surface area contributed by atoms with Gasteiger partial charge in [-0.2, -0.15) is 0 Å². The Hall–Kier alpha value is -3.15. The van der Waals surface area contributed by atoms with Crippen molar-refractivity contribution in [2.24, 2.45) is 5.92 Å². The van der Waals surface area contributed by atoms with Gasteiger partial charge in [-0.15, -0.1) is 0 Å². The van der Waals surface area contributed by atoms with E-state index in [2.05, 4.69) is 34.9 Å². The van der Waals surface area contributed by atoms with Crippen LogP contribution in [0.2, 0.25) is 0 Å². The lowest BCUT2D eigenvalue weighted by Crippen LogP contribution is -2.47. The molecule has 0 saturated carbocycles. The molecule has 0 radical (unpaired) electrons. The van der Waals surface area contributed by atoms with E-state index in [1.807, 2.05) is 11.0 Å². The molecule has 1 unspecified atom stereocenters. The number of anilines is 1. The summed E-state index contributed by atoms with van der Waals surface area (Å²) in [5, 5.41) is 5.45. The molecule has 1 saturated heterocycles. The summed E-state index contributed by atoms with van der Waals surface area (Å²) < 4.78 is 0. The molecule has 0 aliphatic carbocycles. The van der Waals surface area contributed by atoms with Crippen LogP contribution in [-0.4, -0.2) is 41.8 Å². The number of piperidine rings is 1. The van der Waals surface area contributed by atoms with Gasteiger partial charge in [0.1, 0.15) is 6.04 Å². The van der Waals surface area contributed by atoms with E-state index in [0.717, 1.165) is 19.3 Å². The topological polar surface area (TPSA) is 78.5 Å². The number of fused-ring (bicyclic) bond motifs is 1. The molecule has 4 rings (SSSR count). The van der Waals surface area contributed by atoms with Crippen LogP contribution in [-0.2, 0) is 16.0 Å². The molecular weight excluding hydrogens is 366 g/mol. The first-order valence-corrected chi connectivity index (χ1v) is 10.1. The van der Waals surface area contributed by atoms with Gasteiger partial charge in [-0.05, 0) is 42.9 Å². The minimum atomic E-state index is -0.857. The van der Waals surface area contributed by atoms with Crippen molar-refractivity contribution >= 4 is 23.4 Å². The van der Waals surface area contributed by atoms with E-state index in [-0.39, 0.29) is 24.1 Å². The number of carbonyl (C=O) groups excluding carboxylic acids is 3. The maximum Gasteiger partial charge on any atom is 0.254 e. The quantitative estimate of drug-likeness (QED) is 0.841. The van der Waals surface area contributed by atoms with Gasteiger partial charge in [0.2, 0.25) is 11.8 Å². The summed E-state index contributed by atoms with van der Waals surface area (Å²) in [6.07, 6.45) is 2.92. The van der Waals surface area contributed by atoms with Crippen molar-refractivity contribution in [3.8, 4) is 0 Å². The summed E-state index contributed by atoms with van der Waals surface area (Å²) in [7, 11) is 0. The molecule has 6 heteroatoms. The van der Waals surface area contributed by atoms with Crippen LogP contribution in [0.25, 0.3) is 0 Å². The zero-order valence-electron chi connectivity index (χ0n) is 16.3. The van der Waals surface area contributed by atoms with Crippen molar-refractivity contribution in [3.05, 3.63) is 65.7 Å². The molecule has 2 aromatic rings. The van der Waals surface area contributed by atoms with Crippen LogP contribution in [0.3, 0.4) is 0 Å². The van der Waals surface area contributed by atoms with Crippen LogP contribution >= 0.6 is 0 Å². The van der Waals surface area contributed by atoms with Gasteiger partial charge in [-0.3, -0.25) is 14.4 Å². The smallest absolute Gasteiger partial charge is 0.254 e. The highest BCUT2D eigenvalue weighted by atomic mass is 16.2. The Balaban J connectivity index is 1.32. The van der Waals surface area contributed by atoms with Crippen LogP contribution in [0.1, 0.15) is 35.2 Å². The van der Waals surface area contributed by atoms with Gasteiger partial charge in [-0.25, -0.2) is 0 Å². The first-order valence-electron chi connectivity index (χ1n) is 10.1. The van der Waals surface area contributed by atoms with Gasteiger partial charge in [-0.1, -0.05) is 42.5 Å². The minimum absolute atomic E-state index is 0.0189. The third-order valence-electron chi connectivity index (χ3n) is 5.76. The molecule has 0 aromatic heterocycles. The lowest BCUT2D eigenvalue weighted by Gasteiger charge is -2.33. The van der Waals surface area contributed by atoms with E-state index in [9.17, 15) is 14.4 Å². The van der Waals surface area contributed by atoms with Gasteiger partial charge in [0.05, 0.1) is 17.7 Å². The molecule has 2 aromatic carbocycles. The Morgan fingerprint density at radius 3 is 2.41 bits per heavy atom. The summed E-state index contributed by atoms with van der Waals surface area (Å²) >= 11 is 0. The molecule has 2 N–H and O–H groups in total. The molecule has 2 aliphatic rings. The molecule has 150 valence electrons. The Kier molecular flexibility index (Phi) is 5.60. The van der Waals surface area contributed by atoms with Gasteiger partial charge in [0.15, 0.2) is 0 Å². The average molecular weight is 391 g/mol. The Bertz CT molecular complexity index is 905. The van der Waals surface area contributed by atoms with Crippen LogP contribution < -0.4 is 10.6 Å². The summed E-state index contributed by atoms with van der Waals surface area (Å²) in [4.78, 5) is 39.5. The Labute approximate surface area is 170 Å². The third-order valence-corrected chi connectivity index (χ3v) is 5.76. The van der Waals surface area contributed by atoms with Gasteiger partial charge < -0.3 is 15.5 Å². The number of likely N-dealkylation sites (tertiary alicyclic amines) is 1. The number of para-hydroxylation sites is 1. The second kappa shape index (κ2) is 8.47. The molecule has 2 heterocycles. The van der Waals surface area contributed by atoms with Crippen molar-refractivity contribution in [1.29, 1.82) is 0 Å². The van der Waals surface area contributed by atoms with E-state index in [0.29, 0.717) is 30.3 Å². The zero-order valence-corrected chi connectivity index (χ0v) is 16.3. The summed E-state index contributed by atoms with van der Waals surface area (Å²) in [5.74, 6) is -0.208. The van der Waals surface area contributed by atoms with Crippen LogP contribution in [0, 0.1) is 5.92 Å². The number of hydrogen-bond acceptors (Lipinski definition) is 3. The predicted octanol–water partition coefficient (Wildman–Crippen LogP) is 2.61. The van der Waals surface area contributed by atoms with Crippen LogP contribution in [0.15, 0.2) is 54.6 Å². The highest BCUT2D eigenvalue weighted by molar-refractivity contribution is 6.10. The van der Waals surface area contributed by atoms with E-state index in [1.165, 1.54) is 5.56 Å². The normalized spacial score (nSPS) is 19.7. The van der Waals surface area contributed by atoms with E-state index in [1.54, 1.807) is 24.3 Å². The van der Waals surface area contributed by atoms with Gasteiger partial charge in [0.25, 0.3) is 5.91 Å². The monoisotopic (exact) mass is 391 g/mol. The fourth-order valence-electron chi connectivity index (χ4n) is 4.09. The fourth-order valence-corrected chi connectivity index (χ4v) is 4.09. The maximum absolute atomic E-state index is 12.8. The number of nitrogens with zero attached hydrogens (tertiary/aromatic N) is 1. The van der Waals surface area contributed by atoms with Crippen molar-refractivity contribution in [2.45, 2.75) is 31.7 Å². The second-order valence-corrected chi connectivity index (χ2v) is 7.78. The fraction of sp³-hybridized carbons (Fsp3) is 0.348. The number of nitrogens with one attached hydrogen (secondary N) is 2. The van der Waals surface area contributed by atoms with Crippen molar-refractivity contribution < 1.29 is 14.4 Å². The Morgan fingerprint density at radius 2 is 1.66 bits per heavy atom. The lowest BCUT2D eigenvalue weighted by molar-refractivity contribution is -0.135. The third kappa shape index (κ3) is 4.47. The zero-order chi connectivity index (χ0) is 20.2. The highest BCUT2D eigenvalue weighted by Crippen LogP contribution is 2.23. The Morgan fingerprint density at radius 1 is 0.966 bits per heavy atom. The number of benzene rings is 2. The molecule has 0 spiro atoms. The minimum Gasteiger partial charge on any atom is -0.343 e. The lowest BCUT2D eigenvalue weighted by atomic mass is 9.90. The SMILES string of the molecule is O=C1NC(CC(=O)N2CCC(Cc3ccccc3)CC2)C(=O)Nc2ccccc21. The van der Waals surface area contributed by atoms with E-state index in [4.69, 9.17) is 0 Å². The predicted molar refractivity (Wildman–Crippen MR) is 110 cm³/mol. The van der Waals surface area contributed by atoms with Gasteiger partial charge in [0, 0.05) is 13.1 Å². The molecule has 0 bridgehead atoms. The molecule has 2 aliphatic heterocycles. The van der Waals surface area contributed by atoms with E-state index >= 15 is 0 Å². The van der Waals surface area contributed by atoms with Crippen molar-refractivity contribution in [2.75, 3.05) is 18.4 Å². The van der Waals surface area contributed by atoms with Crippen LogP contribution in [0.5, 0.6) is 0 Å². The maximum atomic E-state index is 12.8. The molecule has 1 atom stereocenters. The standard InChI is InChI=1S/C23H25N3O3/c27-21(26-12-10-17(11-13-26)14-16-6-2-1-3-7-16)15-20-23(29)24-19-9-5-4-8-18(19)22(28)25-20/h1-9,17,20H,10-15H2,(H,24,29)(H,25,28). The molecule has 3 amide bonds. The molecule has 29 heavy (non-hydrogen) atoms. The molecule has 1 fully saturated rings. The summed E-state index contributed by atoms with van der Waals surface area (Å²) in [6.45, 7) is 1.39. The van der Waals surface area contributed by atoms with E-state index < -0.39 is 6.04 Å². The second-order valence-electron chi connectivity index (χ2n) is 7.78. The summed E-state index contributed by atoms with van der Waals surface area (Å²) in [6, 6.07) is 16.4. The van der Waals surface area contributed by atoms with Crippen molar-refractivity contribution in [1.82, 2.24) is 10.2 Å². The van der Waals surface area contributed by atoms with Crippen molar-refractivity contribution in [3.63, 3.8) is 0 Å². The average Bonchev–Trinajstić information content (AvgIpc) is 2.85. The number of rotatable bonds is 4. The summed E-state index contributed by atoms with van der Waals surface area (Å²) in [5.41, 5.74) is 2.22. The number of amides is 3. The largest absolute Gasteiger partial charge is 0.343 e. The van der Waals surface area contributed by atoms with Crippen LogP contribution in [0.4, 0.5) is 5.69 Å². The first-order chi connectivity index (χ1) is 14.1. The highest BCUT2D eigenvalue weighted by Gasteiger charge is 2.32. The molecule has 6 nitrogen and oxygen atoms in total. The van der Waals surface area contributed by atoms with Gasteiger partial charge >= 0.3 is 0 Å². The molecular formula is C23H25N3O3. The number of hydrogen-bond donors (Lipinski definition) is 2.